The summed E-state index contributed by atoms with van der Waals surface area (Å²) >= 11 is 0. The van der Waals surface area contributed by atoms with Gasteiger partial charge in [-0.15, -0.1) is 0 Å². The Hall–Kier alpha value is -1.99. The van der Waals surface area contributed by atoms with Gasteiger partial charge in [0.2, 0.25) is 11.7 Å². The number of rotatable bonds is 4. The minimum absolute atomic E-state index is 0.0536. The van der Waals surface area contributed by atoms with Crippen LogP contribution in [0.4, 0.5) is 4.39 Å². The predicted molar refractivity (Wildman–Crippen MR) is 66.6 cm³/mol. The molecule has 1 aliphatic heterocycles. The van der Waals surface area contributed by atoms with Gasteiger partial charge in [0, 0.05) is 6.54 Å². The van der Waals surface area contributed by atoms with Crippen LogP contribution in [0.15, 0.2) is 28.8 Å². The lowest BCUT2D eigenvalue weighted by molar-refractivity contribution is 0.0659. The monoisotopic (exact) mass is 279 g/mol. The van der Waals surface area contributed by atoms with Crippen LogP contribution >= 0.6 is 0 Å². The first-order valence-electron chi connectivity index (χ1n) is 6.34. The summed E-state index contributed by atoms with van der Waals surface area (Å²) in [5, 5.41) is 7.02. The summed E-state index contributed by atoms with van der Waals surface area (Å²) in [6.45, 7) is 1.97. The Morgan fingerprint density at radius 2 is 2.30 bits per heavy atom. The van der Waals surface area contributed by atoms with Crippen LogP contribution in [0.2, 0.25) is 0 Å². The van der Waals surface area contributed by atoms with Gasteiger partial charge in [0.05, 0.1) is 13.2 Å². The Balaban J connectivity index is 1.61. The van der Waals surface area contributed by atoms with Gasteiger partial charge in [0.1, 0.15) is 6.04 Å². The molecule has 1 unspecified atom stereocenters. The zero-order valence-electron chi connectivity index (χ0n) is 10.7. The van der Waals surface area contributed by atoms with Gasteiger partial charge in [-0.3, -0.25) is 0 Å². The SMILES string of the molecule is Fc1ccccc1OCc1noc(C2COCCN2)n1. The first kappa shape index (κ1) is 13.0. The lowest BCUT2D eigenvalue weighted by Crippen LogP contribution is -2.34. The molecule has 20 heavy (non-hydrogen) atoms. The van der Waals surface area contributed by atoms with Crippen molar-refractivity contribution in [1.82, 2.24) is 15.5 Å². The van der Waals surface area contributed by atoms with Gasteiger partial charge in [-0.05, 0) is 12.1 Å². The third kappa shape index (κ3) is 2.94. The molecule has 0 amide bonds. The van der Waals surface area contributed by atoms with Crippen molar-refractivity contribution in [2.24, 2.45) is 0 Å². The average molecular weight is 279 g/mol. The molecule has 0 saturated carbocycles. The van der Waals surface area contributed by atoms with E-state index in [1.54, 1.807) is 18.2 Å². The Kier molecular flexibility index (Phi) is 3.89. The van der Waals surface area contributed by atoms with E-state index in [2.05, 4.69) is 15.5 Å². The minimum Gasteiger partial charge on any atom is -0.482 e. The van der Waals surface area contributed by atoms with Gasteiger partial charge >= 0.3 is 0 Å². The average Bonchev–Trinajstić information content (AvgIpc) is 2.96. The number of nitrogens with one attached hydrogen (secondary N) is 1. The number of aromatic nitrogens is 2. The molecule has 1 aromatic heterocycles. The van der Waals surface area contributed by atoms with Crippen LogP contribution in [0.25, 0.3) is 0 Å². The van der Waals surface area contributed by atoms with E-state index >= 15 is 0 Å². The predicted octanol–water partition coefficient (Wildman–Crippen LogP) is 1.45. The van der Waals surface area contributed by atoms with E-state index in [1.807, 2.05) is 0 Å². The second-order valence-corrected chi connectivity index (χ2v) is 4.35. The number of morpholine rings is 1. The number of hydrogen-bond acceptors (Lipinski definition) is 6. The van der Waals surface area contributed by atoms with Crippen LogP contribution in [0, 0.1) is 5.82 Å². The summed E-state index contributed by atoms with van der Waals surface area (Å²) in [7, 11) is 0. The molecule has 3 rings (SSSR count). The van der Waals surface area contributed by atoms with Crippen molar-refractivity contribution < 1.29 is 18.4 Å². The molecule has 1 N–H and O–H groups in total. The highest BCUT2D eigenvalue weighted by atomic mass is 19.1. The summed E-state index contributed by atoms with van der Waals surface area (Å²) in [6, 6.07) is 6.08. The molecule has 1 aromatic carbocycles. The highest BCUT2D eigenvalue weighted by Gasteiger charge is 2.21. The standard InChI is InChI=1S/C13H14FN3O3/c14-9-3-1-2-4-11(9)19-8-12-16-13(20-17-12)10-7-18-6-5-15-10/h1-4,10,15H,5-8H2. The highest BCUT2D eigenvalue weighted by Crippen LogP contribution is 2.17. The molecule has 7 heteroatoms. The number of benzene rings is 1. The summed E-state index contributed by atoms with van der Waals surface area (Å²) in [5.74, 6) is 0.573. The number of halogens is 1. The molecular formula is C13H14FN3O3. The quantitative estimate of drug-likeness (QED) is 0.913. The summed E-state index contributed by atoms with van der Waals surface area (Å²) in [6.07, 6.45) is 0. The molecule has 0 radical (unpaired) electrons. The fourth-order valence-electron chi connectivity index (χ4n) is 1.90. The Morgan fingerprint density at radius 1 is 1.40 bits per heavy atom. The maximum Gasteiger partial charge on any atom is 0.246 e. The molecule has 1 aliphatic rings. The van der Waals surface area contributed by atoms with E-state index in [-0.39, 0.29) is 18.4 Å². The lowest BCUT2D eigenvalue weighted by atomic mass is 10.3. The van der Waals surface area contributed by atoms with Crippen molar-refractivity contribution in [1.29, 1.82) is 0 Å². The highest BCUT2D eigenvalue weighted by molar-refractivity contribution is 5.23. The summed E-state index contributed by atoms with van der Waals surface area (Å²) < 4.78 is 29.1. The largest absolute Gasteiger partial charge is 0.482 e. The fourth-order valence-corrected chi connectivity index (χ4v) is 1.90. The van der Waals surface area contributed by atoms with Crippen molar-refractivity contribution in [3.05, 3.63) is 41.8 Å². The van der Waals surface area contributed by atoms with Crippen LogP contribution in [-0.2, 0) is 11.3 Å². The van der Waals surface area contributed by atoms with Crippen LogP contribution < -0.4 is 10.1 Å². The van der Waals surface area contributed by atoms with Gasteiger partial charge in [0.25, 0.3) is 0 Å². The molecule has 0 bridgehead atoms. The molecule has 106 valence electrons. The van der Waals surface area contributed by atoms with E-state index in [1.165, 1.54) is 6.07 Å². The number of para-hydroxylation sites is 1. The van der Waals surface area contributed by atoms with E-state index in [0.29, 0.717) is 24.9 Å². The Labute approximate surface area is 114 Å². The van der Waals surface area contributed by atoms with Crippen molar-refractivity contribution in [3.8, 4) is 5.75 Å². The third-order valence-corrected chi connectivity index (χ3v) is 2.90. The van der Waals surface area contributed by atoms with Crippen molar-refractivity contribution in [3.63, 3.8) is 0 Å². The number of hydrogen-bond donors (Lipinski definition) is 1. The van der Waals surface area contributed by atoms with E-state index in [0.717, 1.165) is 6.54 Å². The van der Waals surface area contributed by atoms with Crippen molar-refractivity contribution in [2.45, 2.75) is 12.6 Å². The van der Waals surface area contributed by atoms with Crippen LogP contribution in [0.3, 0.4) is 0 Å². The van der Waals surface area contributed by atoms with Crippen LogP contribution in [-0.4, -0.2) is 29.9 Å². The second-order valence-electron chi connectivity index (χ2n) is 4.35. The fraction of sp³-hybridized carbons (Fsp3) is 0.385. The molecule has 6 nitrogen and oxygen atoms in total. The first-order chi connectivity index (χ1) is 9.83. The maximum absolute atomic E-state index is 13.4. The Morgan fingerprint density at radius 3 is 3.10 bits per heavy atom. The van der Waals surface area contributed by atoms with Gasteiger partial charge in [-0.1, -0.05) is 17.3 Å². The lowest BCUT2D eigenvalue weighted by Gasteiger charge is -2.20. The molecule has 0 spiro atoms. The van der Waals surface area contributed by atoms with Crippen LogP contribution in [0.5, 0.6) is 5.75 Å². The molecule has 0 aliphatic carbocycles. The van der Waals surface area contributed by atoms with Gasteiger partial charge in [-0.25, -0.2) is 4.39 Å². The van der Waals surface area contributed by atoms with Gasteiger partial charge in [0.15, 0.2) is 18.2 Å². The van der Waals surface area contributed by atoms with Crippen LogP contribution in [0.1, 0.15) is 17.8 Å². The van der Waals surface area contributed by atoms with Crippen molar-refractivity contribution >= 4 is 0 Å². The zero-order chi connectivity index (χ0) is 13.8. The van der Waals surface area contributed by atoms with Crippen molar-refractivity contribution in [2.75, 3.05) is 19.8 Å². The number of nitrogens with zero attached hydrogens (tertiary/aromatic N) is 2. The third-order valence-electron chi connectivity index (χ3n) is 2.90. The molecule has 1 saturated heterocycles. The molecular weight excluding hydrogens is 265 g/mol. The normalized spacial score (nSPS) is 18.9. The molecule has 1 fully saturated rings. The summed E-state index contributed by atoms with van der Waals surface area (Å²) in [5.41, 5.74) is 0. The maximum atomic E-state index is 13.4. The smallest absolute Gasteiger partial charge is 0.246 e. The van der Waals surface area contributed by atoms with Gasteiger partial charge in [-0.2, -0.15) is 4.98 Å². The second kappa shape index (κ2) is 5.98. The molecule has 2 aromatic rings. The minimum atomic E-state index is -0.418. The van der Waals surface area contributed by atoms with E-state index < -0.39 is 5.82 Å². The topological polar surface area (TPSA) is 69.4 Å². The zero-order valence-corrected chi connectivity index (χ0v) is 10.7. The first-order valence-corrected chi connectivity index (χ1v) is 6.34. The summed E-state index contributed by atoms with van der Waals surface area (Å²) in [4.78, 5) is 4.21. The van der Waals surface area contributed by atoms with E-state index in [4.69, 9.17) is 14.0 Å². The molecule has 2 heterocycles. The Bertz CT molecular complexity index is 569. The number of ether oxygens (including phenoxy) is 2. The molecule has 1 atom stereocenters. The van der Waals surface area contributed by atoms with Gasteiger partial charge < -0.3 is 19.3 Å². The van der Waals surface area contributed by atoms with E-state index in [9.17, 15) is 4.39 Å².